The number of hydrogen-bond acceptors (Lipinski definition) is 4. The fraction of sp³-hybridized carbons (Fsp3) is 0.500. The van der Waals surface area contributed by atoms with Crippen LogP contribution in [0, 0.1) is 5.41 Å². The second-order valence-electron chi connectivity index (χ2n) is 7.75. The van der Waals surface area contributed by atoms with Gasteiger partial charge in [0.05, 0.1) is 25.0 Å². The number of ether oxygens (including phenoxy) is 1. The van der Waals surface area contributed by atoms with Crippen molar-refractivity contribution in [1.29, 1.82) is 0 Å². The number of nitrogens with zero attached hydrogens (tertiary/aromatic N) is 1. The zero-order valence-electron chi connectivity index (χ0n) is 17.3. The quantitative estimate of drug-likeness (QED) is 0.413. The van der Waals surface area contributed by atoms with Gasteiger partial charge in [0.25, 0.3) is 0 Å². The van der Waals surface area contributed by atoms with Gasteiger partial charge in [0.1, 0.15) is 5.76 Å². The third-order valence-electron chi connectivity index (χ3n) is 5.38. The minimum atomic E-state index is -4.39. The zero-order valence-corrected chi connectivity index (χ0v) is 17.3. The van der Waals surface area contributed by atoms with Crippen LogP contribution in [0.3, 0.4) is 0 Å². The van der Waals surface area contributed by atoms with E-state index in [1.54, 1.807) is 12.3 Å². The lowest BCUT2D eigenvalue weighted by molar-refractivity contribution is -0.137. The molecule has 2 aromatic rings. The fourth-order valence-electron chi connectivity index (χ4n) is 3.53. The van der Waals surface area contributed by atoms with E-state index in [0.717, 1.165) is 24.3 Å². The van der Waals surface area contributed by atoms with Gasteiger partial charge in [-0.3, -0.25) is 0 Å². The van der Waals surface area contributed by atoms with Crippen molar-refractivity contribution in [2.75, 3.05) is 32.9 Å². The van der Waals surface area contributed by atoms with E-state index in [1.807, 2.05) is 12.1 Å². The number of benzene rings is 1. The summed E-state index contributed by atoms with van der Waals surface area (Å²) in [6.45, 7) is 2.45. The number of aliphatic hydroxyl groups excluding tert-OH is 1. The molecule has 170 valence electrons. The first kappa shape index (κ1) is 23.1. The van der Waals surface area contributed by atoms with E-state index in [0.29, 0.717) is 50.7 Å². The molecule has 3 rings (SSSR count). The van der Waals surface area contributed by atoms with Gasteiger partial charge in [-0.25, -0.2) is 4.99 Å². The van der Waals surface area contributed by atoms with Crippen LogP contribution in [0.1, 0.15) is 29.7 Å². The van der Waals surface area contributed by atoms with Gasteiger partial charge in [0.15, 0.2) is 5.96 Å². The minimum absolute atomic E-state index is 0.0632. The molecule has 0 spiro atoms. The Morgan fingerprint density at radius 3 is 2.74 bits per heavy atom. The number of aliphatic imine (C=N–C) groups is 1. The number of alkyl halides is 3. The van der Waals surface area contributed by atoms with Crippen LogP contribution in [0.25, 0.3) is 0 Å². The second kappa shape index (κ2) is 10.7. The predicted molar refractivity (Wildman–Crippen MR) is 111 cm³/mol. The average Bonchev–Trinajstić information content (AvgIpc) is 3.42. The summed E-state index contributed by atoms with van der Waals surface area (Å²) in [5.74, 6) is 1.32. The van der Waals surface area contributed by atoms with E-state index in [2.05, 4.69) is 15.6 Å². The van der Waals surface area contributed by atoms with E-state index in [1.165, 1.54) is 6.07 Å². The number of furan rings is 1. The first-order chi connectivity index (χ1) is 14.9. The molecule has 9 heteroatoms. The Morgan fingerprint density at radius 1 is 1.19 bits per heavy atom. The van der Waals surface area contributed by atoms with Crippen LogP contribution in [0.15, 0.2) is 52.1 Å². The predicted octanol–water partition coefficient (Wildman–Crippen LogP) is 3.37. The molecule has 3 N–H and O–H groups in total. The third kappa shape index (κ3) is 7.00. The third-order valence-corrected chi connectivity index (χ3v) is 5.38. The van der Waals surface area contributed by atoms with Gasteiger partial charge in [-0.1, -0.05) is 12.1 Å². The highest BCUT2D eigenvalue weighted by Gasteiger charge is 2.34. The van der Waals surface area contributed by atoms with Gasteiger partial charge in [0, 0.05) is 38.1 Å². The van der Waals surface area contributed by atoms with Crippen molar-refractivity contribution in [3.8, 4) is 0 Å². The van der Waals surface area contributed by atoms with Crippen LogP contribution in [0.5, 0.6) is 0 Å². The molecule has 1 aromatic carbocycles. The molecule has 1 saturated heterocycles. The Hall–Kier alpha value is -2.52. The number of rotatable bonds is 9. The lowest BCUT2D eigenvalue weighted by Crippen LogP contribution is -2.45. The number of nitrogens with one attached hydrogen (secondary N) is 2. The van der Waals surface area contributed by atoms with E-state index < -0.39 is 11.7 Å². The molecule has 1 aliphatic heterocycles. The highest BCUT2D eigenvalue weighted by atomic mass is 19.4. The smallest absolute Gasteiger partial charge is 0.416 e. The van der Waals surface area contributed by atoms with Gasteiger partial charge in [-0.05, 0) is 42.7 Å². The number of halogens is 3. The maximum atomic E-state index is 13.0. The first-order valence-electron chi connectivity index (χ1n) is 10.3. The van der Waals surface area contributed by atoms with Crippen LogP contribution in [-0.4, -0.2) is 44.0 Å². The Bertz CT molecular complexity index is 832. The highest BCUT2D eigenvalue weighted by molar-refractivity contribution is 5.79. The molecule has 1 fully saturated rings. The van der Waals surface area contributed by atoms with Crippen LogP contribution >= 0.6 is 0 Å². The van der Waals surface area contributed by atoms with Crippen LogP contribution in [0.2, 0.25) is 0 Å². The van der Waals surface area contributed by atoms with Gasteiger partial charge in [-0.15, -0.1) is 0 Å². The van der Waals surface area contributed by atoms with Crippen molar-refractivity contribution in [2.45, 2.75) is 32.0 Å². The van der Waals surface area contributed by atoms with Crippen LogP contribution in [0.4, 0.5) is 13.2 Å². The molecular weight excluding hydrogens is 411 g/mol. The molecule has 0 bridgehead atoms. The maximum absolute atomic E-state index is 13.0. The molecule has 1 aromatic heterocycles. The number of guanidine groups is 1. The Balaban J connectivity index is 1.66. The number of aliphatic hydroxyl groups is 1. The summed E-state index contributed by atoms with van der Waals surface area (Å²) in [6.07, 6.45) is -0.709. The van der Waals surface area contributed by atoms with E-state index in [-0.39, 0.29) is 18.6 Å². The molecule has 0 radical (unpaired) electrons. The molecular formula is C22H28F3N3O3. The van der Waals surface area contributed by atoms with Crippen LogP contribution in [-0.2, 0) is 23.9 Å². The Kier molecular flexibility index (Phi) is 7.97. The Labute approximate surface area is 179 Å². The number of hydrogen-bond donors (Lipinski definition) is 3. The van der Waals surface area contributed by atoms with Crippen molar-refractivity contribution in [2.24, 2.45) is 10.4 Å². The summed E-state index contributed by atoms with van der Waals surface area (Å²) in [6, 6.07) is 8.86. The summed E-state index contributed by atoms with van der Waals surface area (Å²) in [4.78, 5) is 4.48. The van der Waals surface area contributed by atoms with Crippen LogP contribution < -0.4 is 10.6 Å². The maximum Gasteiger partial charge on any atom is 0.416 e. The summed E-state index contributed by atoms with van der Waals surface area (Å²) in [5.41, 5.74) is -0.407. The normalized spacial score (nSPS) is 19.5. The lowest BCUT2D eigenvalue weighted by Gasteiger charge is -2.27. The van der Waals surface area contributed by atoms with Gasteiger partial charge < -0.3 is 24.9 Å². The summed E-state index contributed by atoms with van der Waals surface area (Å²) < 4.78 is 49.8. The second-order valence-corrected chi connectivity index (χ2v) is 7.75. The summed E-state index contributed by atoms with van der Waals surface area (Å²) >= 11 is 0. The minimum Gasteiger partial charge on any atom is -0.469 e. The standard InChI is InChI=1S/C22H28F3N3O3/c23-22(24,25)18-4-1-3-17(13-18)14-27-20(26-9-6-19-5-2-11-31-19)28-15-21(7-10-29)8-12-30-16-21/h1-5,11,13,29H,6-10,12,14-16H2,(H2,26,27,28). The molecule has 1 unspecified atom stereocenters. The highest BCUT2D eigenvalue weighted by Crippen LogP contribution is 2.31. The lowest BCUT2D eigenvalue weighted by atomic mass is 9.84. The molecule has 0 amide bonds. The van der Waals surface area contributed by atoms with Crippen molar-refractivity contribution in [1.82, 2.24) is 10.6 Å². The van der Waals surface area contributed by atoms with Gasteiger partial charge >= 0.3 is 6.18 Å². The summed E-state index contributed by atoms with van der Waals surface area (Å²) in [5, 5.41) is 15.9. The van der Waals surface area contributed by atoms with Crippen molar-refractivity contribution < 1.29 is 27.4 Å². The first-order valence-corrected chi connectivity index (χ1v) is 10.3. The largest absolute Gasteiger partial charge is 0.469 e. The molecule has 1 aliphatic rings. The van der Waals surface area contributed by atoms with Crippen molar-refractivity contribution in [3.63, 3.8) is 0 Å². The summed E-state index contributed by atoms with van der Waals surface area (Å²) in [7, 11) is 0. The van der Waals surface area contributed by atoms with E-state index in [4.69, 9.17) is 9.15 Å². The molecule has 6 nitrogen and oxygen atoms in total. The molecule has 2 heterocycles. The average molecular weight is 439 g/mol. The Morgan fingerprint density at radius 2 is 2.06 bits per heavy atom. The topological polar surface area (TPSA) is 79.0 Å². The van der Waals surface area contributed by atoms with Gasteiger partial charge in [0.2, 0.25) is 0 Å². The SMILES string of the molecule is OCCC1(CNC(=NCc2cccc(C(F)(F)F)c2)NCCc2ccco2)CCOC1. The molecule has 0 aliphatic carbocycles. The monoisotopic (exact) mass is 439 g/mol. The fourth-order valence-corrected chi connectivity index (χ4v) is 3.53. The molecule has 1 atom stereocenters. The molecule has 0 saturated carbocycles. The van der Waals surface area contributed by atoms with Crippen molar-refractivity contribution >= 4 is 5.96 Å². The van der Waals surface area contributed by atoms with E-state index in [9.17, 15) is 18.3 Å². The van der Waals surface area contributed by atoms with E-state index >= 15 is 0 Å². The zero-order chi connectivity index (χ0) is 22.2. The van der Waals surface area contributed by atoms with Crippen molar-refractivity contribution in [3.05, 3.63) is 59.5 Å². The van der Waals surface area contributed by atoms with Gasteiger partial charge in [-0.2, -0.15) is 13.2 Å². The molecule has 31 heavy (non-hydrogen) atoms.